The van der Waals surface area contributed by atoms with Crippen molar-refractivity contribution in [2.24, 2.45) is 46.3 Å². The molecule has 14 heteroatoms. The minimum atomic E-state index is -1.42. The lowest BCUT2D eigenvalue weighted by Gasteiger charge is -2.64. The third-order valence-electron chi connectivity index (χ3n) is 15.0. The zero-order valence-electron chi connectivity index (χ0n) is 33.1. The van der Waals surface area contributed by atoms with Gasteiger partial charge in [0.2, 0.25) is 0 Å². The molecule has 8 N–H and O–H groups in total. The smallest absolute Gasteiger partial charge is 0.187 e. The van der Waals surface area contributed by atoms with Crippen LogP contribution in [-0.2, 0) is 28.4 Å². The SMILES string of the molecule is CO[C@@H]1[C@@H](O)[C@H](OC[C@@H](CC[C@@H](C)[C@H]2[C@@H](O)[C@H](O)[C@@H]3[C@]2(C)CC[C@H]2[C@@]3(O)C[C@@H](O)C3=C[C@@H](O[C@@H]4OC[C@@H](O)[C@H](O)[C@H]4OC)CC[C@@]32C)C(C)C)OC[C@H]1O. The standard InChI is InChI=1S/C40H68O14/c1-19(2)21(16-51-36-32(47)33(49-6)26(43)18-52-36)9-8-20(3)28-30(45)31(46)35-39(28,5)13-11-27-38(4)12-10-22(14-23(38)24(41)15-40(27,35)48)54-37-34(50-7)29(44)25(42)17-53-37/h14,19-22,24-37,41-48H,8-13,15-18H2,1-7H3/t20-,21-,22+,24-,25-,26-,27-,28+,29+,30-,31+,32-,33+,34-,35-,36-,37+,38+,39-,40+/m1/s1. The monoisotopic (exact) mass is 772 g/mol. The van der Waals surface area contributed by atoms with Gasteiger partial charge in [0.15, 0.2) is 12.6 Å². The molecule has 5 fully saturated rings. The number of hydrogen-bond acceptors (Lipinski definition) is 14. The highest BCUT2D eigenvalue weighted by Crippen LogP contribution is 2.69. The topological polar surface area (TPSA) is 217 Å². The van der Waals surface area contributed by atoms with Gasteiger partial charge in [0.25, 0.3) is 0 Å². The number of ether oxygens (including phenoxy) is 6. The zero-order valence-corrected chi connectivity index (χ0v) is 33.1. The van der Waals surface area contributed by atoms with E-state index in [1.54, 1.807) is 0 Å². The maximum absolute atomic E-state index is 12.8. The van der Waals surface area contributed by atoms with Crippen molar-refractivity contribution in [2.75, 3.05) is 34.0 Å². The second-order valence-corrected chi connectivity index (χ2v) is 18.4. The zero-order chi connectivity index (χ0) is 39.5. The van der Waals surface area contributed by atoms with Gasteiger partial charge in [-0.15, -0.1) is 0 Å². The summed E-state index contributed by atoms with van der Waals surface area (Å²) in [5.41, 5.74) is -1.78. The number of aliphatic hydroxyl groups is 8. The van der Waals surface area contributed by atoms with Gasteiger partial charge < -0.3 is 69.3 Å². The van der Waals surface area contributed by atoms with Gasteiger partial charge in [0.1, 0.15) is 36.6 Å². The summed E-state index contributed by atoms with van der Waals surface area (Å²) in [4.78, 5) is 0. The van der Waals surface area contributed by atoms with Gasteiger partial charge in [-0.25, -0.2) is 0 Å². The molecular weight excluding hydrogens is 704 g/mol. The van der Waals surface area contributed by atoms with E-state index in [4.69, 9.17) is 28.4 Å². The first-order valence-corrected chi connectivity index (χ1v) is 20.2. The number of fused-ring (bicyclic) bond motifs is 5. The van der Waals surface area contributed by atoms with Crippen molar-refractivity contribution in [1.29, 1.82) is 0 Å². The van der Waals surface area contributed by atoms with Crippen LogP contribution in [0.1, 0.15) is 79.6 Å². The lowest BCUT2D eigenvalue weighted by Crippen LogP contribution is -2.66. The van der Waals surface area contributed by atoms with Gasteiger partial charge in [-0.2, -0.15) is 0 Å². The Morgan fingerprint density at radius 2 is 1.46 bits per heavy atom. The van der Waals surface area contributed by atoms with Gasteiger partial charge in [0.05, 0.1) is 49.8 Å². The van der Waals surface area contributed by atoms with Crippen LogP contribution >= 0.6 is 0 Å². The van der Waals surface area contributed by atoms with Gasteiger partial charge in [0, 0.05) is 26.6 Å². The van der Waals surface area contributed by atoms with Crippen molar-refractivity contribution >= 4 is 0 Å². The van der Waals surface area contributed by atoms with Gasteiger partial charge in [-0.3, -0.25) is 0 Å². The fourth-order valence-electron chi connectivity index (χ4n) is 12.1. The summed E-state index contributed by atoms with van der Waals surface area (Å²) < 4.78 is 34.2. The van der Waals surface area contributed by atoms with Crippen molar-refractivity contribution in [3.8, 4) is 0 Å². The van der Waals surface area contributed by atoms with E-state index in [9.17, 15) is 40.9 Å². The molecule has 0 aromatic carbocycles. The number of methoxy groups -OCH3 is 2. The van der Waals surface area contributed by atoms with E-state index in [1.165, 1.54) is 14.2 Å². The quantitative estimate of drug-likeness (QED) is 0.129. The Balaban J connectivity index is 1.14. The molecule has 2 heterocycles. The normalized spacial score (nSPS) is 50.5. The summed E-state index contributed by atoms with van der Waals surface area (Å²) in [7, 11) is 2.86. The van der Waals surface area contributed by atoms with Crippen LogP contribution in [0.2, 0.25) is 0 Å². The van der Waals surface area contributed by atoms with Crippen molar-refractivity contribution in [3.63, 3.8) is 0 Å². The molecule has 54 heavy (non-hydrogen) atoms. The third kappa shape index (κ3) is 7.38. The Hall–Kier alpha value is -0.820. The molecule has 0 aromatic rings. The van der Waals surface area contributed by atoms with Crippen LogP contribution in [0.5, 0.6) is 0 Å². The highest BCUT2D eigenvalue weighted by Gasteiger charge is 2.72. The Labute approximate surface area is 319 Å². The molecule has 4 aliphatic carbocycles. The molecule has 0 unspecified atom stereocenters. The van der Waals surface area contributed by atoms with Gasteiger partial charge in [-0.05, 0) is 84.5 Å². The third-order valence-corrected chi connectivity index (χ3v) is 15.0. The van der Waals surface area contributed by atoms with Crippen LogP contribution in [0.25, 0.3) is 0 Å². The highest BCUT2D eigenvalue weighted by molar-refractivity contribution is 5.33. The largest absolute Gasteiger partial charge is 0.390 e. The van der Waals surface area contributed by atoms with Crippen molar-refractivity contribution < 1.29 is 69.3 Å². The fraction of sp³-hybridized carbons (Fsp3) is 0.950. The second-order valence-electron chi connectivity index (χ2n) is 18.4. The average Bonchev–Trinajstić information content (AvgIpc) is 3.32. The Morgan fingerprint density at radius 3 is 2.13 bits per heavy atom. The van der Waals surface area contributed by atoms with Crippen LogP contribution in [-0.4, -0.2) is 154 Å². The summed E-state index contributed by atoms with van der Waals surface area (Å²) in [5.74, 6) is -0.820. The van der Waals surface area contributed by atoms with Gasteiger partial charge in [-0.1, -0.05) is 40.7 Å². The molecule has 2 saturated heterocycles. The molecule has 20 atom stereocenters. The molecule has 2 aliphatic heterocycles. The maximum Gasteiger partial charge on any atom is 0.187 e. The first kappa shape index (κ1) is 42.8. The minimum absolute atomic E-state index is 0.000276. The van der Waals surface area contributed by atoms with E-state index in [1.807, 2.05) is 6.08 Å². The molecule has 0 bridgehead atoms. The van der Waals surface area contributed by atoms with E-state index < -0.39 is 96.0 Å². The second kappa shape index (κ2) is 16.4. The molecule has 14 nitrogen and oxygen atoms in total. The Bertz CT molecular complexity index is 1300. The van der Waals surface area contributed by atoms with Crippen molar-refractivity contribution in [3.05, 3.63) is 11.6 Å². The van der Waals surface area contributed by atoms with E-state index in [2.05, 4.69) is 34.6 Å². The lowest BCUT2D eigenvalue weighted by molar-refractivity contribution is -0.285. The van der Waals surface area contributed by atoms with E-state index >= 15 is 0 Å². The minimum Gasteiger partial charge on any atom is -0.390 e. The lowest BCUT2D eigenvalue weighted by atomic mass is 9.43. The van der Waals surface area contributed by atoms with Gasteiger partial charge >= 0.3 is 0 Å². The van der Waals surface area contributed by atoms with Crippen LogP contribution in [0.15, 0.2) is 11.6 Å². The molecule has 3 saturated carbocycles. The van der Waals surface area contributed by atoms with Crippen LogP contribution < -0.4 is 0 Å². The average molecular weight is 773 g/mol. The summed E-state index contributed by atoms with van der Waals surface area (Å²) in [6.07, 6.45) is -5.40. The van der Waals surface area contributed by atoms with E-state index in [0.29, 0.717) is 32.3 Å². The van der Waals surface area contributed by atoms with Crippen LogP contribution in [0.3, 0.4) is 0 Å². The highest BCUT2D eigenvalue weighted by atomic mass is 16.7. The molecule has 0 amide bonds. The van der Waals surface area contributed by atoms with Crippen LogP contribution in [0, 0.1) is 46.3 Å². The number of aliphatic hydroxyl groups excluding tert-OH is 7. The predicted molar refractivity (Wildman–Crippen MR) is 193 cm³/mol. The molecule has 6 aliphatic rings. The van der Waals surface area contributed by atoms with Crippen molar-refractivity contribution in [2.45, 2.75) is 159 Å². The molecule has 0 spiro atoms. The molecule has 312 valence electrons. The van der Waals surface area contributed by atoms with Crippen LogP contribution in [0.4, 0.5) is 0 Å². The summed E-state index contributed by atoms with van der Waals surface area (Å²) in [6.45, 7) is 10.8. The molecule has 6 rings (SSSR count). The molecule has 0 radical (unpaired) electrons. The maximum atomic E-state index is 12.8. The fourth-order valence-corrected chi connectivity index (χ4v) is 12.1. The predicted octanol–water partition coefficient (Wildman–Crippen LogP) is 0.869. The summed E-state index contributed by atoms with van der Waals surface area (Å²) in [6, 6.07) is 0. The molecule has 0 aromatic heterocycles. The van der Waals surface area contributed by atoms with E-state index in [0.717, 1.165) is 18.4 Å². The first-order valence-electron chi connectivity index (χ1n) is 20.2. The summed E-state index contributed by atoms with van der Waals surface area (Å²) in [5, 5.41) is 89.5. The van der Waals surface area contributed by atoms with Crippen molar-refractivity contribution in [1.82, 2.24) is 0 Å². The number of rotatable bonds is 12. The first-order chi connectivity index (χ1) is 25.4. The number of hydrogen-bond donors (Lipinski definition) is 8. The summed E-state index contributed by atoms with van der Waals surface area (Å²) >= 11 is 0. The van der Waals surface area contributed by atoms with E-state index in [-0.39, 0.29) is 49.2 Å². The Kier molecular flexibility index (Phi) is 13.0. The molecular formula is C40H68O14. The Morgan fingerprint density at radius 1 is 0.796 bits per heavy atom.